The van der Waals surface area contributed by atoms with Gasteiger partial charge in [-0.1, -0.05) is 60.7 Å². The van der Waals surface area contributed by atoms with Gasteiger partial charge < -0.3 is 9.30 Å². The summed E-state index contributed by atoms with van der Waals surface area (Å²) >= 11 is 3.89. The van der Waals surface area contributed by atoms with E-state index in [0.29, 0.717) is 0 Å². The van der Waals surface area contributed by atoms with Gasteiger partial charge in [0.15, 0.2) is 0 Å². The fourth-order valence-electron chi connectivity index (χ4n) is 5.22. The summed E-state index contributed by atoms with van der Waals surface area (Å²) in [4.78, 5) is 0. The van der Waals surface area contributed by atoms with Crippen LogP contribution in [0.2, 0.25) is 0 Å². The molecule has 2 unspecified atom stereocenters. The van der Waals surface area contributed by atoms with Gasteiger partial charge in [0.2, 0.25) is 0 Å². The fourth-order valence-corrected chi connectivity index (χ4v) is 5.74. The Balaban J connectivity index is 1.65. The van der Waals surface area contributed by atoms with E-state index in [1.807, 2.05) is 0 Å². The van der Waals surface area contributed by atoms with E-state index in [9.17, 15) is 0 Å². The molecule has 0 amide bonds. The Morgan fingerprint density at radius 3 is 2.42 bits per heavy atom. The van der Waals surface area contributed by atoms with Gasteiger partial charge in [-0.25, -0.2) is 0 Å². The van der Waals surface area contributed by atoms with Crippen molar-refractivity contribution in [3.8, 4) is 11.4 Å². The van der Waals surface area contributed by atoms with Gasteiger partial charge in [0.25, 0.3) is 0 Å². The highest BCUT2D eigenvalue weighted by Gasteiger charge is 2.36. The van der Waals surface area contributed by atoms with Crippen LogP contribution in [0.4, 0.5) is 0 Å². The first-order chi connectivity index (χ1) is 15.3. The van der Waals surface area contributed by atoms with E-state index < -0.39 is 0 Å². The molecule has 0 fully saturated rings. The molecule has 0 saturated heterocycles. The Kier molecular flexibility index (Phi) is 3.56. The molecule has 0 spiro atoms. The first-order valence-corrected chi connectivity index (χ1v) is 11.4. The number of allylic oxidation sites excluding steroid dienone is 2. The molecule has 3 heteroatoms. The van der Waals surface area contributed by atoms with E-state index in [-0.39, 0.29) is 12.0 Å². The van der Waals surface area contributed by atoms with Crippen LogP contribution in [0.3, 0.4) is 0 Å². The summed E-state index contributed by atoms with van der Waals surface area (Å²) in [5.74, 6) is 1.18. The van der Waals surface area contributed by atoms with E-state index in [0.717, 1.165) is 10.2 Å². The fraction of sp³-hybridized carbons (Fsp3) is 0.0714. The summed E-state index contributed by atoms with van der Waals surface area (Å²) in [6, 6.07) is 26.1. The molecule has 5 aromatic rings. The third-order valence-electron chi connectivity index (χ3n) is 6.57. The Morgan fingerprint density at radius 2 is 1.52 bits per heavy atom. The molecule has 0 N–H and O–H groups in total. The third-order valence-corrected chi connectivity index (χ3v) is 7.21. The zero-order chi connectivity index (χ0) is 20.5. The lowest BCUT2D eigenvalue weighted by Gasteiger charge is -2.18. The van der Waals surface area contributed by atoms with E-state index in [1.54, 1.807) is 0 Å². The van der Waals surface area contributed by atoms with Gasteiger partial charge in [0.1, 0.15) is 11.9 Å². The number of hydrogen-bond donors (Lipinski definition) is 0. The maximum atomic E-state index is 6.33. The van der Waals surface area contributed by atoms with Crippen LogP contribution >= 0.6 is 15.9 Å². The number of ether oxygens (including phenoxy) is 1. The van der Waals surface area contributed by atoms with Crippen molar-refractivity contribution < 1.29 is 4.74 Å². The minimum Gasteiger partial charge on any atom is -0.485 e. The number of benzene rings is 4. The number of aromatic nitrogens is 1. The molecule has 148 valence electrons. The number of nitrogens with zero attached hydrogens (tertiary/aromatic N) is 1. The molecule has 0 saturated carbocycles. The van der Waals surface area contributed by atoms with Crippen LogP contribution in [0, 0.1) is 0 Å². The lowest BCUT2D eigenvalue weighted by molar-refractivity contribution is 0.269. The lowest BCUT2D eigenvalue weighted by Crippen LogP contribution is -2.16. The number of hydrogen-bond acceptors (Lipinski definition) is 1. The zero-order valence-corrected chi connectivity index (χ0v) is 18.2. The Bertz CT molecular complexity index is 1590. The largest absolute Gasteiger partial charge is 0.485 e. The molecule has 2 nitrogen and oxygen atoms in total. The van der Waals surface area contributed by atoms with Crippen LogP contribution in [0.25, 0.3) is 38.3 Å². The summed E-state index contributed by atoms with van der Waals surface area (Å²) in [6.45, 7) is 0. The van der Waals surface area contributed by atoms with Gasteiger partial charge in [0, 0.05) is 26.7 Å². The van der Waals surface area contributed by atoms with Crippen molar-refractivity contribution in [3.63, 3.8) is 0 Å². The zero-order valence-electron chi connectivity index (χ0n) is 16.6. The molecule has 4 aromatic carbocycles. The van der Waals surface area contributed by atoms with Crippen molar-refractivity contribution in [1.82, 2.24) is 4.57 Å². The van der Waals surface area contributed by atoms with Crippen LogP contribution in [0.5, 0.6) is 5.75 Å². The van der Waals surface area contributed by atoms with Crippen molar-refractivity contribution >= 4 is 48.5 Å². The lowest BCUT2D eigenvalue weighted by atomic mass is 9.90. The Hall–Kier alpha value is -3.30. The Morgan fingerprint density at radius 1 is 0.742 bits per heavy atom. The van der Waals surface area contributed by atoms with Gasteiger partial charge in [-0.3, -0.25) is 0 Å². The topological polar surface area (TPSA) is 14.2 Å². The molecule has 31 heavy (non-hydrogen) atoms. The summed E-state index contributed by atoms with van der Waals surface area (Å²) in [7, 11) is 0. The van der Waals surface area contributed by atoms with Crippen LogP contribution in [0.1, 0.15) is 11.5 Å². The molecular formula is C28H18BrNO. The standard InChI is InChI=1S/C28H18BrNO/c29-22-13-14-26-27(20-10-4-6-12-25(20)31-26)28(22)30-23-11-5-3-9-19(23)21-15-17-7-1-2-8-18(17)16-24(21)30/h1-16,20,25H. The minimum atomic E-state index is 0.0574. The van der Waals surface area contributed by atoms with E-state index in [1.165, 1.54) is 43.8 Å². The number of halogens is 1. The third kappa shape index (κ3) is 2.38. The first-order valence-electron chi connectivity index (χ1n) is 10.6. The van der Waals surface area contributed by atoms with Crippen LogP contribution in [-0.2, 0) is 0 Å². The van der Waals surface area contributed by atoms with E-state index in [4.69, 9.17) is 4.74 Å². The highest BCUT2D eigenvalue weighted by molar-refractivity contribution is 9.10. The molecule has 2 heterocycles. The molecule has 0 bridgehead atoms. The van der Waals surface area contributed by atoms with E-state index >= 15 is 0 Å². The molecule has 1 aromatic heterocycles. The molecule has 1 aliphatic carbocycles. The highest BCUT2D eigenvalue weighted by Crippen LogP contribution is 2.48. The number of para-hydroxylation sites is 1. The van der Waals surface area contributed by atoms with Crippen molar-refractivity contribution in [2.75, 3.05) is 0 Å². The predicted octanol–water partition coefficient (Wildman–Crippen LogP) is 7.67. The number of fused-ring (bicyclic) bond motifs is 7. The molecular weight excluding hydrogens is 446 g/mol. The van der Waals surface area contributed by atoms with E-state index in [2.05, 4.69) is 118 Å². The quantitative estimate of drug-likeness (QED) is 0.248. The summed E-state index contributed by atoms with van der Waals surface area (Å²) < 4.78 is 9.82. The van der Waals surface area contributed by atoms with Gasteiger partial charge >= 0.3 is 0 Å². The first kappa shape index (κ1) is 17.4. The smallest absolute Gasteiger partial charge is 0.128 e. The van der Waals surface area contributed by atoms with Gasteiger partial charge in [-0.15, -0.1) is 0 Å². The predicted molar refractivity (Wildman–Crippen MR) is 131 cm³/mol. The molecule has 0 radical (unpaired) electrons. The molecule has 1 aliphatic heterocycles. The van der Waals surface area contributed by atoms with Crippen molar-refractivity contribution in [3.05, 3.63) is 107 Å². The second-order valence-electron chi connectivity index (χ2n) is 8.25. The maximum absolute atomic E-state index is 6.33. The van der Waals surface area contributed by atoms with Gasteiger partial charge in [-0.05, 0) is 63.1 Å². The van der Waals surface area contributed by atoms with Crippen molar-refractivity contribution in [1.29, 1.82) is 0 Å². The van der Waals surface area contributed by atoms with Gasteiger partial charge in [0.05, 0.1) is 16.7 Å². The highest BCUT2D eigenvalue weighted by atomic mass is 79.9. The summed E-state index contributed by atoms with van der Waals surface area (Å²) in [5, 5.41) is 5.05. The molecule has 2 atom stereocenters. The summed E-state index contributed by atoms with van der Waals surface area (Å²) in [6.07, 6.45) is 8.68. The van der Waals surface area contributed by atoms with Crippen LogP contribution < -0.4 is 4.74 Å². The van der Waals surface area contributed by atoms with Crippen LogP contribution in [0.15, 0.2) is 102 Å². The maximum Gasteiger partial charge on any atom is 0.128 e. The van der Waals surface area contributed by atoms with Crippen molar-refractivity contribution in [2.45, 2.75) is 12.0 Å². The van der Waals surface area contributed by atoms with Crippen molar-refractivity contribution in [2.24, 2.45) is 0 Å². The average Bonchev–Trinajstić information content (AvgIpc) is 3.34. The normalized spacial score (nSPS) is 19.1. The second-order valence-corrected chi connectivity index (χ2v) is 9.11. The average molecular weight is 464 g/mol. The molecule has 2 aliphatic rings. The number of rotatable bonds is 1. The van der Waals surface area contributed by atoms with Crippen LogP contribution in [-0.4, -0.2) is 10.7 Å². The summed E-state index contributed by atoms with van der Waals surface area (Å²) in [5.41, 5.74) is 4.84. The van der Waals surface area contributed by atoms with Gasteiger partial charge in [-0.2, -0.15) is 0 Å². The minimum absolute atomic E-state index is 0.0574. The second kappa shape index (κ2) is 6.35. The monoisotopic (exact) mass is 463 g/mol. The Labute approximate surface area is 188 Å². The molecule has 7 rings (SSSR count). The SMILES string of the molecule is Brc1ccc2c(c1-n1c3ccccc3c3cc4ccccc4cc31)C1C=CC=CC1O2.